The van der Waals surface area contributed by atoms with Gasteiger partial charge >= 0.3 is 0 Å². The Labute approximate surface area is 138 Å². The molecule has 7 heteroatoms. The third-order valence-corrected chi connectivity index (χ3v) is 5.41. The molecule has 1 N–H and O–H groups in total. The van der Waals surface area contributed by atoms with Crippen molar-refractivity contribution in [1.29, 1.82) is 0 Å². The molecular weight excluding hydrogens is 316 g/mol. The van der Waals surface area contributed by atoms with Gasteiger partial charge in [-0.05, 0) is 30.7 Å². The van der Waals surface area contributed by atoms with Gasteiger partial charge in [0.2, 0.25) is 15.9 Å². The number of ether oxygens (including phenoxy) is 1. The fourth-order valence-electron chi connectivity index (χ4n) is 2.08. The Balaban J connectivity index is 2.72. The zero-order valence-electron chi connectivity index (χ0n) is 14.0. The maximum atomic E-state index is 12.6. The van der Waals surface area contributed by atoms with E-state index in [0.717, 1.165) is 19.3 Å². The number of amides is 1. The molecule has 0 saturated heterocycles. The molecule has 1 rings (SSSR count). The van der Waals surface area contributed by atoms with Crippen molar-refractivity contribution in [1.82, 2.24) is 9.62 Å². The second-order valence-corrected chi connectivity index (χ2v) is 7.10. The van der Waals surface area contributed by atoms with Crippen LogP contribution in [-0.2, 0) is 14.8 Å². The molecule has 0 saturated carbocycles. The van der Waals surface area contributed by atoms with E-state index in [1.165, 1.54) is 23.5 Å². The summed E-state index contributed by atoms with van der Waals surface area (Å²) in [7, 11) is -2.17. The topological polar surface area (TPSA) is 75.7 Å². The predicted octanol–water partition coefficient (Wildman–Crippen LogP) is 2.01. The molecule has 0 aliphatic carbocycles. The Bertz CT molecular complexity index is 585. The lowest BCUT2D eigenvalue weighted by Gasteiger charge is -2.20. The van der Waals surface area contributed by atoms with Gasteiger partial charge < -0.3 is 10.1 Å². The Kier molecular flexibility index (Phi) is 8.05. The number of carbonyl (C=O) groups is 1. The van der Waals surface area contributed by atoms with Crippen LogP contribution in [0.1, 0.15) is 33.1 Å². The van der Waals surface area contributed by atoms with Crippen molar-refractivity contribution in [2.24, 2.45) is 0 Å². The molecule has 0 heterocycles. The Morgan fingerprint density at radius 2 is 1.83 bits per heavy atom. The number of likely N-dealkylation sites (N-methyl/N-ethyl adjacent to an activating group) is 1. The first kappa shape index (κ1) is 19.4. The summed E-state index contributed by atoms with van der Waals surface area (Å²) in [5.74, 6) is 0.306. The highest BCUT2D eigenvalue weighted by atomic mass is 32.2. The summed E-state index contributed by atoms with van der Waals surface area (Å²) in [6.07, 6.45) is 3.02. The summed E-state index contributed by atoms with van der Waals surface area (Å²) < 4.78 is 31.4. The largest absolute Gasteiger partial charge is 0.497 e. The van der Waals surface area contributed by atoms with Crippen molar-refractivity contribution < 1.29 is 17.9 Å². The summed E-state index contributed by atoms with van der Waals surface area (Å²) in [4.78, 5) is 12.1. The van der Waals surface area contributed by atoms with Gasteiger partial charge in [-0.3, -0.25) is 4.79 Å². The second-order valence-electron chi connectivity index (χ2n) is 5.16. The van der Waals surface area contributed by atoms with E-state index in [4.69, 9.17) is 4.74 Å². The first-order valence-corrected chi connectivity index (χ1v) is 9.30. The van der Waals surface area contributed by atoms with Crippen LogP contribution in [0.3, 0.4) is 0 Å². The Morgan fingerprint density at radius 1 is 1.17 bits per heavy atom. The third-order valence-electron chi connectivity index (χ3n) is 3.47. The van der Waals surface area contributed by atoms with E-state index in [0.29, 0.717) is 12.3 Å². The van der Waals surface area contributed by atoms with Crippen LogP contribution in [0.4, 0.5) is 0 Å². The molecule has 130 valence electrons. The molecule has 0 spiro atoms. The standard InChI is InChI=1S/C16H26N2O4S/c1-4-6-7-12-17-16(19)13-18(5-2)23(20,21)15-10-8-14(22-3)9-11-15/h8-11H,4-7,12-13H2,1-3H3,(H,17,19). The van der Waals surface area contributed by atoms with Gasteiger partial charge in [-0.2, -0.15) is 4.31 Å². The zero-order valence-corrected chi connectivity index (χ0v) is 14.9. The monoisotopic (exact) mass is 342 g/mol. The minimum atomic E-state index is -3.69. The Morgan fingerprint density at radius 3 is 2.35 bits per heavy atom. The average Bonchev–Trinajstić information content (AvgIpc) is 2.56. The van der Waals surface area contributed by atoms with Crippen LogP contribution < -0.4 is 10.1 Å². The number of nitrogens with zero attached hydrogens (tertiary/aromatic N) is 1. The van der Waals surface area contributed by atoms with Crippen LogP contribution in [0.5, 0.6) is 5.75 Å². The molecule has 0 atom stereocenters. The number of rotatable bonds is 10. The molecule has 1 aromatic rings. The van der Waals surface area contributed by atoms with Crippen LogP contribution in [0.2, 0.25) is 0 Å². The molecule has 1 aromatic carbocycles. The van der Waals surface area contributed by atoms with Gasteiger partial charge in [0, 0.05) is 13.1 Å². The molecule has 1 amide bonds. The lowest BCUT2D eigenvalue weighted by Crippen LogP contribution is -2.40. The molecule has 0 unspecified atom stereocenters. The first-order chi connectivity index (χ1) is 11.0. The van der Waals surface area contributed by atoms with E-state index in [1.54, 1.807) is 19.1 Å². The van der Waals surface area contributed by atoms with E-state index in [-0.39, 0.29) is 23.9 Å². The van der Waals surface area contributed by atoms with Crippen molar-refractivity contribution >= 4 is 15.9 Å². The number of methoxy groups -OCH3 is 1. The number of benzene rings is 1. The van der Waals surface area contributed by atoms with Crippen LogP contribution >= 0.6 is 0 Å². The average molecular weight is 342 g/mol. The predicted molar refractivity (Wildman–Crippen MR) is 90.0 cm³/mol. The van der Waals surface area contributed by atoms with Gasteiger partial charge in [-0.1, -0.05) is 26.7 Å². The maximum Gasteiger partial charge on any atom is 0.243 e. The van der Waals surface area contributed by atoms with Crippen molar-refractivity contribution in [3.05, 3.63) is 24.3 Å². The molecule has 0 aliphatic heterocycles. The highest BCUT2D eigenvalue weighted by Crippen LogP contribution is 2.19. The fraction of sp³-hybridized carbons (Fsp3) is 0.562. The van der Waals surface area contributed by atoms with Crippen molar-refractivity contribution in [2.45, 2.75) is 38.0 Å². The molecule has 0 fully saturated rings. The molecule has 0 aliphatic rings. The zero-order chi connectivity index (χ0) is 17.3. The van der Waals surface area contributed by atoms with Gasteiger partial charge in [0.05, 0.1) is 18.6 Å². The molecule has 0 bridgehead atoms. The van der Waals surface area contributed by atoms with Crippen molar-refractivity contribution in [2.75, 3.05) is 26.7 Å². The molecule has 0 aromatic heterocycles. The van der Waals surface area contributed by atoms with Gasteiger partial charge in [0.1, 0.15) is 5.75 Å². The quantitative estimate of drug-likeness (QED) is 0.660. The summed E-state index contributed by atoms with van der Waals surface area (Å²) in [5, 5.41) is 2.76. The Hall–Kier alpha value is -1.60. The van der Waals surface area contributed by atoms with Crippen LogP contribution in [0.15, 0.2) is 29.2 Å². The number of hydrogen-bond acceptors (Lipinski definition) is 4. The van der Waals surface area contributed by atoms with Gasteiger partial charge in [-0.25, -0.2) is 8.42 Å². The SMILES string of the molecule is CCCCCNC(=O)CN(CC)S(=O)(=O)c1ccc(OC)cc1. The number of sulfonamides is 1. The van der Waals surface area contributed by atoms with E-state index in [2.05, 4.69) is 12.2 Å². The second kappa shape index (κ2) is 9.52. The number of unbranched alkanes of at least 4 members (excludes halogenated alkanes) is 2. The molecule has 6 nitrogen and oxygen atoms in total. The van der Waals surface area contributed by atoms with Crippen LogP contribution in [-0.4, -0.2) is 45.4 Å². The third kappa shape index (κ3) is 5.84. The van der Waals surface area contributed by atoms with Crippen molar-refractivity contribution in [3.63, 3.8) is 0 Å². The minimum absolute atomic E-state index is 0.152. The van der Waals surface area contributed by atoms with Crippen LogP contribution in [0, 0.1) is 0 Å². The summed E-state index contributed by atoms with van der Waals surface area (Å²) in [5.41, 5.74) is 0. The first-order valence-electron chi connectivity index (χ1n) is 7.86. The molecule has 0 radical (unpaired) electrons. The molecular formula is C16H26N2O4S. The van der Waals surface area contributed by atoms with E-state index in [9.17, 15) is 13.2 Å². The van der Waals surface area contributed by atoms with Gasteiger partial charge in [-0.15, -0.1) is 0 Å². The highest BCUT2D eigenvalue weighted by Gasteiger charge is 2.25. The highest BCUT2D eigenvalue weighted by molar-refractivity contribution is 7.89. The summed E-state index contributed by atoms with van der Waals surface area (Å²) >= 11 is 0. The number of hydrogen-bond donors (Lipinski definition) is 1. The molecule has 23 heavy (non-hydrogen) atoms. The van der Waals surface area contributed by atoms with E-state index in [1.807, 2.05) is 0 Å². The van der Waals surface area contributed by atoms with Crippen molar-refractivity contribution in [3.8, 4) is 5.75 Å². The van der Waals surface area contributed by atoms with E-state index >= 15 is 0 Å². The number of nitrogens with one attached hydrogen (secondary N) is 1. The number of carbonyl (C=O) groups excluding carboxylic acids is 1. The summed E-state index contributed by atoms with van der Waals surface area (Å²) in [6.45, 7) is 4.44. The van der Waals surface area contributed by atoms with Gasteiger partial charge in [0.25, 0.3) is 0 Å². The lowest BCUT2D eigenvalue weighted by atomic mass is 10.2. The van der Waals surface area contributed by atoms with Crippen LogP contribution in [0.25, 0.3) is 0 Å². The normalized spacial score (nSPS) is 11.5. The maximum absolute atomic E-state index is 12.6. The van der Waals surface area contributed by atoms with E-state index < -0.39 is 10.0 Å². The minimum Gasteiger partial charge on any atom is -0.497 e. The fourth-order valence-corrected chi connectivity index (χ4v) is 3.49. The summed E-state index contributed by atoms with van der Waals surface area (Å²) in [6, 6.07) is 6.14. The lowest BCUT2D eigenvalue weighted by molar-refractivity contribution is -0.121. The van der Waals surface area contributed by atoms with Gasteiger partial charge in [0.15, 0.2) is 0 Å². The smallest absolute Gasteiger partial charge is 0.243 e.